The molecule has 26 heavy (non-hydrogen) atoms. The second-order valence-corrected chi connectivity index (χ2v) is 6.73. The summed E-state index contributed by atoms with van der Waals surface area (Å²) in [6.07, 6.45) is 0.231. The first-order valence-electron chi connectivity index (χ1n) is 8.47. The zero-order chi connectivity index (χ0) is 18.9. The van der Waals surface area contributed by atoms with Gasteiger partial charge in [0.15, 0.2) is 0 Å². The van der Waals surface area contributed by atoms with E-state index < -0.39 is 0 Å². The molecule has 2 aromatic carbocycles. The Morgan fingerprint density at radius 3 is 2.27 bits per heavy atom. The van der Waals surface area contributed by atoms with E-state index in [1.165, 1.54) is 5.56 Å². The number of nitrogens with one attached hydrogen (secondary N) is 2. The SMILES string of the molecule is CN(C)Cc1ccccc1CNC(=O)CCNC(=O)c1ccc(Cl)cc1. The van der Waals surface area contributed by atoms with E-state index in [2.05, 4.69) is 21.6 Å². The predicted octanol–water partition coefficient (Wildman–Crippen LogP) is 2.84. The third-order valence-electron chi connectivity index (χ3n) is 3.82. The summed E-state index contributed by atoms with van der Waals surface area (Å²) in [4.78, 5) is 26.1. The number of hydrogen-bond donors (Lipinski definition) is 2. The zero-order valence-electron chi connectivity index (χ0n) is 15.1. The highest BCUT2D eigenvalue weighted by atomic mass is 35.5. The molecular weight excluding hydrogens is 350 g/mol. The molecule has 0 spiro atoms. The first-order chi connectivity index (χ1) is 12.5. The molecule has 2 amide bonds. The highest BCUT2D eigenvalue weighted by molar-refractivity contribution is 6.30. The number of carbonyl (C=O) groups excluding carboxylic acids is 2. The van der Waals surface area contributed by atoms with E-state index in [0.29, 0.717) is 17.1 Å². The van der Waals surface area contributed by atoms with Gasteiger partial charge in [0.05, 0.1) is 0 Å². The molecule has 0 saturated carbocycles. The summed E-state index contributed by atoms with van der Waals surface area (Å²) in [5.41, 5.74) is 2.81. The summed E-state index contributed by atoms with van der Waals surface area (Å²) in [5.74, 6) is -0.313. The van der Waals surface area contributed by atoms with Crippen molar-refractivity contribution < 1.29 is 9.59 Å². The highest BCUT2D eigenvalue weighted by Gasteiger charge is 2.08. The van der Waals surface area contributed by atoms with Crippen LogP contribution in [-0.4, -0.2) is 37.4 Å². The largest absolute Gasteiger partial charge is 0.352 e. The second-order valence-electron chi connectivity index (χ2n) is 6.30. The lowest BCUT2D eigenvalue weighted by Gasteiger charge is -2.14. The van der Waals surface area contributed by atoms with Crippen LogP contribution in [-0.2, 0) is 17.9 Å². The third kappa shape index (κ3) is 6.50. The Morgan fingerprint density at radius 2 is 1.62 bits per heavy atom. The molecule has 0 atom stereocenters. The maximum Gasteiger partial charge on any atom is 0.251 e. The van der Waals surface area contributed by atoms with Crippen molar-refractivity contribution in [2.24, 2.45) is 0 Å². The molecule has 0 aromatic heterocycles. The predicted molar refractivity (Wildman–Crippen MR) is 104 cm³/mol. The van der Waals surface area contributed by atoms with Crippen LogP contribution in [0.2, 0.25) is 5.02 Å². The summed E-state index contributed by atoms with van der Waals surface area (Å²) < 4.78 is 0. The fraction of sp³-hybridized carbons (Fsp3) is 0.300. The molecule has 0 saturated heterocycles. The van der Waals surface area contributed by atoms with Crippen molar-refractivity contribution in [3.8, 4) is 0 Å². The molecule has 0 unspecified atom stereocenters. The highest BCUT2D eigenvalue weighted by Crippen LogP contribution is 2.11. The van der Waals surface area contributed by atoms with Crippen LogP contribution in [0.4, 0.5) is 0 Å². The van der Waals surface area contributed by atoms with Crippen molar-refractivity contribution in [2.45, 2.75) is 19.5 Å². The molecular formula is C20H24ClN3O2. The van der Waals surface area contributed by atoms with Gasteiger partial charge in [-0.3, -0.25) is 9.59 Å². The van der Waals surface area contributed by atoms with E-state index in [1.807, 2.05) is 32.3 Å². The minimum absolute atomic E-state index is 0.0962. The van der Waals surface area contributed by atoms with E-state index in [4.69, 9.17) is 11.6 Å². The van der Waals surface area contributed by atoms with Crippen LogP contribution in [0.1, 0.15) is 27.9 Å². The number of amides is 2. The molecule has 138 valence electrons. The van der Waals surface area contributed by atoms with Gasteiger partial charge in [-0.2, -0.15) is 0 Å². The third-order valence-corrected chi connectivity index (χ3v) is 4.08. The van der Waals surface area contributed by atoms with Crippen LogP contribution in [0.3, 0.4) is 0 Å². The smallest absolute Gasteiger partial charge is 0.251 e. The van der Waals surface area contributed by atoms with Gasteiger partial charge >= 0.3 is 0 Å². The molecule has 0 aliphatic rings. The molecule has 5 nitrogen and oxygen atoms in total. The fourth-order valence-corrected chi connectivity index (χ4v) is 2.63. The summed E-state index contributed by atoms with van der Waals surface area (Å²) in [5, 5.41) is 6.22. The Hall–Kier alpha value is -2.37. The van der Waals surface area contributed by atoms with Crippen LogP contribution in [0.15, 0.2) is 48.5 Å². The average molecular weight is 374 g/mol. The summed E-state index contributed by atoms with van der Waals surface area (Å²) in [7, 11) is 4.03. The Bertz CT molecular complexity index is 745. The molecule has 0 aliphatic heterocycles. The summed E-state index contributed by atoms with van der Waals surface area (Å²) in [6, 6.07) is 14.7. The minimum Gasteiger partial charge on any atom is -0.352 e. The second kappa shape index (κ2) is 9.94. The fourth-order valence-electron chi connectivity index (χ4n) is 2.50. The van der Waals surface area contributed by atoms with Gasteiger partial charge in [-0.25, -0.2) is 0 Å². The van der Waals surface area contributed by atoms with Crippen molar-refractivity contribution in [2.75, 3.05) is 20.6 Å². The molecule has 2 rings (SSSR count). The molecule has 0 radical (unpaired) electrons. The van der Waals surface area contributed by atoms with Crippen molar-refractivity contribution in [3.63, 3.8) is 0 Å². The van der Waals surface area contributed by atoms with Crippen LogP contribution in [0.25, 0.3) is 0 Å². The zero-order valence-corrected chi connectivity index (χ0v) is 15.8. The van der Waals surface area contributed by atoms with Gasteiger partial charge in [-0.05, 0) is 49.5 Å². The maximum absolute atomic E-state index is 12.0. The quantitative estimate of drug-likeness (QED) is 0.748. The number of nitrogens with zero attached hydrogens (tertiary/aromatic N) is 1. The lowest BCUT2D eigenvalue weighted by atomic mass is 10.1. The van der Waals surface area contributed by atoms with Gasteiger partial charge in [0.1, 0.15) is 0 Å². The standard InChI is InChI=1S/C20H24ClN3O2/c1-24(2)14-17-6-4-3-5-16(17)13-23-19(25)11-12-22-20(26)15-7-9-18(21)10-8-15/h3-10H,11-14H2,1-2H3,(H,22,26)(H,23,25). The van der Waals surface area contributed by atoms with Crippen molar-refractivity contribution in [1.82, 2.24) is 15.5 Å². The van der Waals surface area contributed by atoms with E-state index in [9.17, 15) is 9.59 Å². The average Bonchev–Trinajstić information content (AvgIpc) is 2.61. The molecule has 2 N–H and O–H groups in total. The number of halogens is 1. The number of carbonyl (C=O) groups is 2. The Labute approximate surface area is 159 Å². The molecule has 0 bridgehead atoms. The van der Waals surface area contributed by atoms with Gasteiger partial charge < -0.3 is 15.5 Å². The maximum atomic E-state index is 12.0. The van der Waals surface area contributed by atoms with Crippen molar-refractivity contribution in [3.05, 3.63) is 70.2 Å². The first kappa shape index (κ1) is 19.9. The Balaban J connectivity index is 1.76. The normalized spacial score (nSPS) is 10.6. The number of benzene rings is 2. The van der Waals surface area contributed by atoms with E-state index >= 15 is 0 Å². The number of hydrogen-bond acceptors (Lipinski definition) is 3. The van der Waals surface area contributed by atoms with Crippen LogP contribution < -0.4 is 10.6 Å². The van der Waals surface area contributed by atoms with Crippen molar-refractivity contribution >= 4 is 23.4 Å². The first-order valence-corrected chi connectivity index (χ1v) is 8.85. The van der Waals surface area contributed by atoms with E-state index in [-0.39, 0.29) is 24.8 Å². The summed E-state index contributed by atoms with van der Waals surface area (Å²) >= 11 is 5.80. The molecule has 2 aromatic rings. The molecule has 0 aliphatic carbocycles. The van der Waals surface area contributed by atoms with Gasteiger partial charge in [0.2, 0.25) is 5.91 Å². The van der Waals surface area contributed by atoms with Crippen LogP contribution >= 0.6 is 11.6 Å². The van der Waals surface area contributed by atoms with Gasteiger partial charge in [0, 0.05) is 36.6 Å². The van der Waals surface area contributed by atoms with Gasteiger partial charge in [-0.15, -0.1) is 0 Å². The topological polar surface area (TPSA) is 61.4 Å². The van der Waals surface area contributed by atoms with Crippen LogP contribution in [0, 0.1) is 0 Å². The minimum atomic E-state index is -0.217. The lowest BCUT2D eigenvalue weighted by Crippen LogP contribution is -2.30. The van der Waals surface area contributed by atoms with E-state index in [1.54, 1.807) is 24.3 Å². The van der Waals surface area contributed by atoms with Crippen molar-refractivity contribution in [1.29, 1.82) is 0 Å². The lowest BCUT2D eigenvalue weighted by molar-refractivity contribution is -0.121. The van der Waals surface area contributed by atoms with E-state index in [0.717, 1.165) is 12.1 Å². The molecule has 6 heteroatoms. The Morgan fingerprint density at radius 1 is 0.962 bits per heavy atom. The monoisotopic (exact) mass is 373 g/mol. The Kier molecular flexibility index (Phi) is 7.63. The van der Waals surface area contributed by atoms with Gasteiger partial charge in [0.25, 0.3) is 5.91 Å². The number of rotatable bonds is 8. The molecule has 0 fully saturated rings. The summed E-state index contributed by atoms with van der Waals surface area (Å²) in [6.45, 7) is 1.59. The molecule has 0 heterocycles. The van der Waals surface area contributed by atoms with Crippen LogP contribution in [0.5, 0.6) is 0 Å². The van der Waals surface area contributed by atoms with Gasteiger partial charge in [-0.1, -0.05) is 35.9 Å².